The SMILES string of the molecule is CC(=O)CC/C=C(\C)CC/C=C(\C)CC/C=C(\C)CCC=C(C)C.CC(C)=CCC/C(C)=C/CC/C(=C/CC/C(C)=C/CO)CO.CC(C)=CCC/C(C)=C/CC/C(C)=C/CCC(=O)OC/C=C(\C)CCC=C(C)C. The van der Waals surface area contributed by atoms with E-state index in [1.54, 1.807) is 6.92 Å². The van der Waals surface area contributed by atoms with Crippen LogP contribution in [-0.2, 0) is 14.3 Å². The van der Waals surface area contributed by atoms with E-state index in [2.05, 4.69) is 171 Å². The van der Waals surface area contributed by atoms with Crippen molar-refractivity contribution in [3.05, 3.63) is 151 Å². The van der Waals surface area contributed by atoms with Crippen LogP contribution < -0.4 is 0 Å². The van der Waals surface area contributed by atoms with Crippen LogP contribution in [0.3, 0.4) is 0 Å². The molecule has 0 aromatic carbocycles. The minimum absolute atomic E-state index is 0.110. The van der Waals surface area contributed by atoms with E-state index >= 15 is 0 Å². The van der Waals surface area contributed by atoms with Gasteiger partial charge in [-0.3, -0.25) is 4.79 Å². The van der Waals surface area contributed by atoms with Crippen LogP contribution in [0.5, 0.6) is 0 Å². The predicted octanol–water partition coefficient (Wildman–Crippen LogP) is 21.0. The summed E-state index contributed by atoms with van der Waals surface area (Å²) in [6.45, 7) is 36.7. The van der Waals surface area contributed by atoms with Crippen molar-refractivity contribution in [2.24, 2.45) is 0 Å². The Morgan fingerprint density at radius 1 is 0.293 bits per heavy atom. The largest absolute Gasteiger partial charge is 0.461 e. The normalized spacial score (nSPS) is 13.0. The van der Waals surface area contributed by atoms with Crippen molar-refractivity contribution in [2.45, 2.75) is 259 Å². The van der Waals surface area contributed by atoms with Gasteiger partial charge in [-0.25, -0.2) is 0 Å². The summed E-state index contributed by atoms with van der Waals surface area (Å²) in [5.41, 5.74) is 17.7. The number of ketones is 1. The molecule has 0 fully saturated rings. The van der Waals surface area contributed by atoms with E-state index in [4.69, 9.17) is 9.84 Å². The number of Topliss-reactive ketones (excluding diaryl/α,β-unsaturated/α-hetero) is 1. The first-order valence-electron chi connectivity index (χ1n) is 28.8. The molecule has 0 aliphatic heterocycles. The lowest BCUT2D eigenvalue weighted by atomic mass is 10.0. The van der Waals surface area contributed by atoms with Crippen LogP contribution in [0.2, 0.25) is 0 Å². The van der Waals surface area contributed by atoms with E-state index in [0.29, 0.717) is 19.4 Å². The van der Waals surface area contributed by atoms with E-state index in [0.717, 1.165) is 128 Å². The highest BCUT2D eigenvalue weighted by atomic mass is 16.5. The van der Waals surface area contributed by atoms with Crippen molar-refractivity contribution < 1.29 is 24.5 Å². The van der Waals surface area contributed by atoms with Crippen LogP contribution in [-0.4, -0.2) is 41.8 Å². The fourth-order valence-corrected chi connectivity index (χ4v) is 7.53. The Labute approximate surface area is 464 Å². The van der Waals surface area contributed by atoms with Crippen molar-refractivity contribution in [2.75, 3.05) is 19.8 Å². The molecule has 0 heterocycles. The first kappa shape index (κ1) is 74.9. The predicted molar refractivity (Wildman–Crippen MR) is 333 cm³/mol. The Hall–Kier alpha value is -4.32. The summed E-state index contributed by atoms with van der Waals surface area (Å²) in [4.78, 5) is 22.8. The first-order chi connectivity index (χ1) is 35.5. The van der Waals surface area contributed by atoms with Crippen molar-refractivity contribution in [1.29, 1.82) is 0 Å². The molecule has 426 valence electrons. The number of ether oxygens (including phenoxy) is 1. The maximum atomic E-state index is 11.9. The van der Waals surface area contributed by atoms with Gasteiger partial charge in [0.2, 0.25) is 0 Å². The van der Waals surface area contributed by atoms with Gasteiger partial charge in [-0.05, 0) is 258 Å². The van der Waals surface area contributed by atoms with Crippen LogP contribution in [0.1, 0.15) is 259 Å². The van der Waals surface area contributed by atoms with Crippen molar-refractivity contribution in [1.82, 2.24) is 0 Å². The summed E-state index contributed by atoms with van der Waals surface area (Å²) in [6, 6.07) is 0. The maximum Gasteiger partial charge on any atom is 0.306 e. The molecule has 0 rings (SSSR count). The zero-order chi connectivity index (χ0) is 57.2. The standard InChI is InChI=1S/C27H44O2.C23H38O.C20H34O2/c1-22(2)12-8-14-24(5)16-10-17-25(6)18-11-19-27(28)29-21-20-26(7)15-9-13-23(3)4;1-19(2)11-7-12-20(3)13-8-14-21(4)15-9-16-22(5)17-10-18-23(6)24;1-17(2)8-5-9-18(3)10-6-12-20(16-22)13-7-11-19(4)14-15-21/h12-13,16,18,20H,8-11,14-15,17,19,21H2,1-7H3;11,13,15,17H,7-10,12,14,16,18H2,1-6H3;8,10,13-14,21-22H,5-7,9,11-12,15-16H2,1-4H3/b24-16+,25-18+,26-20+;20-13+,21-15+,22-17+;18-10+,19-14+,20-13-. The van der Waals surface area contributed by atoms with Gasteiger partial charge in [-0.2, -0.15) is 0 Å². The second kappa shape index (κ2) is 51.8. The lowest BCUT2D eigenvalue weighted by Gasteiger charge is -2.04. The van der Waals surface area contributed by atoms with E-state index in [1.165, 1.54) is 73.3 Å². The number of carbonyl (C=O) groups excluding carboxylic acids is 2. The fraction of sp³-hybridized carbons (Fsp3) is 0.600. The molecule has 0 spiro atoms. The quantitative estimate of drug-likeness (QED) is 0.0478. The number of hydrogen-bond donors (Lipinski definition) is 2. The number of carbonyl (C=O) groups is 2. The van der Waals surface area contributed by atoms with Gasteiger partial charge in [0.15, 0.2) is 0 Å². The second-order valence-electron chi connectivity index (χ2n) is 22.0. The van der Waals surface area contributed by atoms with Crippen LogP contribution >= 0.6 is 0 Å². The molecular formula is C70H116O5. The van der Waals surface area contributed by atoms with Gasteiger partial charge in [-0.1, -0.05) is 140 Å². The van der Waals surface area contributed by atoms with E-state index in [9.17, 15) is 14.7 Å². The van der Waals surface area contributed by atoms with Gasteiger partial charge < -0.3 is 19.7 Å². The van der Waals surface area contributed by atoms with E-state index < -0.39 is 0 Å². The lowest BCUT2D eigenvalue weighted by molar-refractivity contribution is -0.142. The molecule has 0 aliphatic rings. The fourth-order valence-electron chi connectivity index (χ4n) is 7.53. The van der Waals surface area contributed by atoms with Gasteiger partial charge in [0.25, 0.3) is 0 Å². The molecule has 0 saturated heterocycles. The third kappa shape index (κ3) is 60.4. The number of allylic oxidation sites excluding steroid dienone is 23. The molecule has 0 saturated carbocycles. The van der Waals surface area contributed by atoms with E-state index in [1.807, 2.05) is 19.1 Å². The van der Waals surface area contributed by atoms with Crippen molar-refractivity contribution in [3.63, 3.8) is 0 Å². The lowest BCUT2D eigenvalue weighted by Crippen LogP contribution is -2.04. The van der Waals surface area contributed by atoms with Gasteiger partial charge in [0.1, 0.15) is 12.4 Å². The summed E-state index contributed by atoms with van der Waals surface area (Å²) < 4.78 is 5.31. The van der Waals surface area contributed by atoms with Crippen LogP contribution in [0.15, 0.2) is 151 Å². The molecule has 0 aliphatic carbocycles. The molecule has 0 aromatic rings. The Morgan fingerprint density at radius 3 is 0.840 bits per heavy atom. The molecule has 0 bridgehead atoms. The maximum absolute atomic E-state index is 11.9. The molecule has 5 heteroatoms. The molecular weight excluding hydrogens is 921 g/mol. The number of aliphatic hydroxyl groups is 2. The van der Waals surface area contributed by atoms with Crippen LogP contribution in [0, 0.1) is 0 Å². The van der Waals surface area contributed by atoms with Gasteiger partial charge in [0, 0.05) is 12.8 Å². The molecule has 2 N–H and O–H groups in total. The average molecular weight is 1040 g/mol. The summed E-state index contributed by atoms with van der Waals surface area (Å²) in [5, 5.41) is 18.2. The third-order valence-corrected chi connectivity index (χ3v) is 12.5. The van der Waals surface area contributed by atoms with Gasteiger partial charge in [-0.15, -0.1) is 0 Å². The number of aliphatic hydroxyl groups excluding tert-OH is 2. The Kier molecular flexibility index (Phi) is 51.7. The number of hydrogen-bond acceptors (Lipinski definition) is 5. The molecule has 0 unspecified atom stereocenters. The zero-order valence-electron chi connectivity index (χ0n) is 51.8. The summed E-state index contributed by atoms with van der Waals surface area (Å²) in [7, 11) is 0. The molecule has 5 nitrogen and oxygen atoms in total. The minimum atomic E-state index is -0.114. The summed E-state index contributed by atoms with van der Waals surface area (Å²) >= 11 is 0. The highest BCUT2D eigenvalue weighted by Gasteiger charge is 2.02. The summed E-state index contributed by atoms with van der Waals surface area (Å²) in [5.74, 6) is 0.163. The highest BCUT2D eigenvalue weighted by molar-refractivity contribution is 5.75. The monoisotopic (exact) mass is 1040 g/mol. The van der Waals surface area contributed by atoms with Gasteiger partial charge >= 0.3 is 5.97 Å². The zero-order valence-corrected chi connectivity index (χ0v) is 51.8. The van der Waals surface area contributed by atoms with Crippen molar-refractivity contribution in [3.8, 4) is 0 Å². The molecule has 0 aromatic heterocycles. The Balaban J connectivity index is -0.00000105. The minimum Gasteiger partial charge on any atom is -0.461 e. The third-order valence-electron chi connectivity index (χ3n) is 12.5. The first-order valence-corrected chi connectivity index (χ1v) is 28.8. The molecule has 0 atom stereocenters. The number of esters is 1. The smallest absolute Gasteiger partial charge is 0.306 e. The van der Waals surface area contributed by atoms with Crippen LogP contribution in [0.4, 0.5) is 0 Å². The van der Waals surface area contributed by atoms with Crippen molar-refractivity contribution >= 4 is 11.8 Å². The summed E-state index contributed by atoms with van der Waals surface area (Å²) in [6.07, 6.45) is 51.1. The average Bonchev–Trinajstić information content (AvgIpc) is 3.31. The second-order valence-corrected chi connectivity index (χ2v) is 22.0. The molecule has 0 amide bonds. The highest BCUT2D eigenvalue weighted by Crippen LogP contribution is 2.17. The van der Waals surface area contributed by atoms with Crippen LogP contribution in [0.25, 0.3) is 0 Å². The molecule has 0 radical (unpaired) electrons. The Morgan fingerprint density at radius 2 is 0.547 bits per heavy atom. The topological polar surface area (TPSA) is 83.8 Å². The number of rotatable bonds is 37. The van der Waals surface area contributed by atoms with Gasteiger partial charge in [0.05, 0.1) is 13.2 Å². The Bertz CT molecular complexity index is 1960. The van der Waals surface area contributed by atoms with E-state index in [-0.39, 0.29) is 25.0 Å². The molecule has 75 heavy (non-hydrogen) atoms.